The van der Waals surface area contributed by atoms with Gasteiger partial charge in [-0.15, -0.1) is 0 Å². The minimum atomic E-state index is -3.16. The zero-order chi connectivity index (χ0) is 13.7. The van der Waals surface area contributed by atoms with Crippen LogP contribution in [0.2, 0.25) is 0 Å². The largest absolute Gasteiger partial charge is 0.465 e. The summed E-state index contributed by atoms with van der Waals surface area (Å²) >= 11 is 0. The fourth-order valence-electron chi connectivity index (χ4n) is 1.61. The maximum atomic E-state index is 12.2. The number of rotatable bonds is 8. The van der Waals surface area contributed by atoms with Gasteiger partial charge in [0.1, 0.15) is 11.7 Å². The Morgan fingerprint density at radius 3 is 2.28 bits per heavy atom. The van der Waals surface area contributed by atoms with Gasteiger partial charge in [0.15, 0.2) is 5.78 Å². The van der Waals surface area contributed by atoms with Crippen LogP contribution in [0.3, 0.4) is 0 Å². The molecule has 0 aromatic heterocycles. The summed E-state index contributed by atoms with van der Waals surface area (Å²) in [5.41, 5.74) is 0. The van der Waals surface area contributed by atoms with Gasteiger partial charge in [0.2, 0.25) is 0 Å². The van der Waals surface area contributed by atoms with Crippen LogP contribution in [0.15, 0.2) is 0 Å². The number of hydrogen-bond donors (Lipinski definition) is 0. The van der Waals surface area contributed by atoms with E-state index in [2.05, 4.69) is 4.74 Å². The van der Waals surface area contributed by atoms with E-state index < -0.39 is 36.3 Å². The minimum absolute atomic E-state index is 0.0505. The molecule has 0 aromatic rings. The fourth-order valence-corrected chi connectivity index (χ4v) is 1.61. The lowest BCUT2D eigenvalue weighted by Crippen LogP contribution is -2.30. The number of hydrogen-bond acceptors (Lipinski definition) is 4. The lowest BCUT2D eigenvalue weighted by Gasteiger charge is -2.13. The first-order valence-electron chi connectivity index (χ1n) is 5.95. The van der Waals surface area contributed by atoms with Crippen LogP contribution < -0.4 is 0 Å². The Morgan fingerprint density at radius 2 is 1.83 bits per heavy atom. The van der Waals surface area contributed by atoms with E-state index in [1.807, 2.05) is 0 Å². The van der Waals surface area contributed by atoms with Gasteiger partial charge in [-0.25, -0.2) is 8.78 Å². The van der Waals surface area contributed by atoms with Crippen LogP contribution in [0.1, 0.15) is 32.6 Å². The molecule has 0 heterocycles. The maximum absolute atomic E-state index is 12.2. The topological polar surface area (TPSA) is 60.4 Å². The average molecular weight is 262 g/mol. The highest BCUT2D eigenvalue weighted by atomic mass is 19.3. The number of carbonyl (C=O) groups is 3. The highest BCUT2D eigenvalue weighted by Crippen LogP contribution is 2.34. The maximum Gasteiger partial charge on any atom is 0.316 e. The van der Waals surface area contributed by atoms with Crippen molar-refractivity contribution in [3.63, 3.8) is 0 Å². The summed E-state index contributed by atoms with van der Waals surface area (Å²) in [5.74, 6) is -3.87. The molecule has 0 aliphatic heterocycles. The second kappa shape index (κ2) is 6.56. The van der Waals surface area contributed by atoms with E-state index in [1.54, 1.807) is 6.92 Å². The van der Waals surface area contributed by atoms with E-state index in [0.717, 1.165) is 12.8 Å². The molecule has 1 aliphatic carbocycles. The monoisotopic (exact) mass is 262 g/mol. The number of halogens is 2. The predicted octanol–water partition coefficient (Wildman–Crippen LogP) is 1.76. The summed E-state index contributed by atoms with van der Waals surface area (Å²) in [7, 11) is 0. The third kappa shape index (κ3) is 4.50. The molecular formula is C12H16F2O4. The molecule has 102 valence electrons. The highest BCUT2D eigenvalue weighted by molar-refractivity contribution is 6.03. The molecule has 6 heteroatoms. The van der Waals surface area contributed by atoms with E-state index in [1.165, 1.54) is 0 Å². The third-order valence-electron chi connectivity index (χ3n) is 2.80. The summed E-state index contributed by atoms with van der Waals surface area (Å²) in [6, 6.07) is 0. The van der Waals surface area contributed by atoms with Crippen molar-refractivity contribution in [1.29, 1.82) is 0 Å². The van der Waals surface area contributed by atoms with Crippen molar-refractivity contribution < 1.29 is 27.9 Å². The quantitative estimate of drug-likeness (QED) is 0.494. The Kier molecular flexibility index (Phi) is 5.37. The Bertz CT molecular complexity index is 337. The number of ether oxygens (including phenoxy) is 1. The number of esters is 1. The van der Waals surface area contributed by atoms with Crippen LogP contribution in [0, 0.1) is 11.8 Å². The van der Waals surface area contributed by atoms with Crippen molar-refractivity contribution in [1.82, 2.24) is 0 Å². The van der Waals surface area contributed by atoms with Gasteiger partial charge in [-0.2, -0.15) is 0 Å². The summed E-state index contributed by atoms with van der Waals surface area (Å²) in [6.45, 7) is 1.60. The number of Topliss-reactive ketones (excluding diaryl/α,β-unsaturated/α-hetero) is 2. The number of alkyl halides is 2. The van der Waals surface area contributed by atoms with Crippen molar-refractivity contribution in [3.8, 4) is 0 Å². The van der Waals surface area contributed by atoms with Gasteiger partial charge in [0, 0.05) is 12.8 Å². The number of ketones is 2. The van der Waals surface area contributed by atoms with Gasteiger partial charge in [-0.3, -0.25) is 14.4 Å². The van der Waals surface area contributed by atoms with Gasteiger partial charge in [0.25, 0.3) is 6.43 Å². The Balaban J connectivity index is 2.63. The van der Waals surface area contributed by atoms with Gasteiger partial charge in [-0.05, 0) is 25.7 Å². The molecule has 1 rings (SSSR count). The van der Waals surface area contributed by atoms with Crippen LogP contribution in [-0.4, -0.2) is 30.6 Å². The van der Waals surface area contributed by atoms with E-state index in [4.69, 9.17) is 0 Å². The van der Waals surface area contributed by atoms with Crippen LogP contribution in [0.5, 0.6) is 0 Å². The standard InChI is InChI=1S/C12H16F2O4/c1-2-18-12(17)8(6-10(16)11(13)14)9(15)5-7-3-4-7/h7-8,11H,2-6H2,1H3. The van der Waals surface area contributed by atoms with Crippen molar-refractivity contribution in [2.24, 2.45) is 11.8 Å². The molecule has 18 heavy (non-hydrogen) atoms. The van der Waals surface area contributed by atoms with Crippen LogP contribution >= 0.6 is 0 Å². The lowest BCUT2D eigenvalue weighted by molar-refractivity contribution is -0.154. The molecule has 0 saturated heterocycles. The Morgan fingerprint density at radius 1 is 1.22 bits per heavy atom. The molecule has 0 amide bonds. The summed E-state index contributed by atoms with van der Waals surface area (Å²) in [6.07, 6.45) is -1.94. The predicted molar refractivity (Wildman–Crippen MR) is 58.1 cm³/mol. The van der Waals surface area contributed by atoms with E-state index in [-0.39, 0.29) is 18.9 Å². The molecule has 0 radical (unpaired) electrons. The SMILES string of the molecule is CCOC(=O)C(CC(=O)C(F)F)C(=O)CC1CC1. The molecule has 0 bridgehead atoms. The first-order valence-corrected chi connectivity index (χ1v) is 5.95. The first-order chi connectivity index (χ1) is 8.45. The van der Waals surface area contributed by atoms with Crippen LogP contribution in [-0.2, 0) is 19.1 Å². The van der Waals surface area contributed by atoms with Gasteiger partial charge in [0.05, 0.1) is 6.61 Å². The molecule has 1 saturated carbocycles. The molecule has 0 spiro atoms. The Labute approximate surface area is 104 Å². The molecule has 4 nitrogen and oxygen atoms in total. The first kappa shape index (κ1) is 14.7. The third-order valence-corrected chi connectivity index (χ3v) is 2.80. The highest BCUT2D eigenvalue weighted by Gasteiger charge is 2.35. The van der Waals surface area contributed by atoms with Crippen molar-refractivity contribution >= 4 is 17.5 Å². The molecule has 1 unspecified atom stereocenters. The summed E-state index contributed by atoms with van der Waals surface area (Å²) < 4.78 is 29.0. The van der Waals surface area contributed by atoms with Gasteiger partial charge < -0.3 is 4.74 Å². The molecule has 1 atom stereocenters. The normalized spacial score (nSPS) is 16.4. The van der Waals surface area contributed by atoms with E-state index in [9.17, 15) is 23.2 Å². The van der Waals surface area contributed by atoms with Crippen LogP contribution in [0.4, 0.5) is 8.78 Å². The minimum Gasteiger partial charge on any atom is -0.465 e. The molecule has 1 aliphatic rings. The van der Waals surface area contributed by atoms with Gasteiger partial charge >= 0.3 is 5.97 Å². The number of carbonyl (C=O) groups excluding carboxylic acids is 3. The van der Waals surface area contributed by atoms with E-state index in [0.29, 0.717) is 0 Å². The second-order valence-electron chi connectivity index (χ2n) is 4.39. The van der Waals surface area contributed by atoms with Crippen LogP contribution in [0.25, 0.3) is 0 Å². The van der Waals surface area contributed by atoms with Crippen molar-refractivity contribution in [2.75, 3.05) is 6.61 Å². The Hall–Kier alpha value is -1.33. The van der Waals surface area contributed by atoms with E-state index >= 15 is 0 Å². The molecule has 1 fully saturated rings. The van der Waals surface area contributed by atoms with Crippen molar-refractivity contribution in [3.05, 3.63) is 0 Å². The smallest absolute Gasteiger partial charge is 0.316 e. The average Bonchev–Trinajstić information content (AvgIpc) is 3.09. The zero-order valence-corrected chi connectivity index (χ0v) is 10.2. The second-order valence-corrected chi connectivity index (χ2v) is 4.39. The van der Waals surface area contributed by atoms with Crippen molar-refractivity contribution in [2.45, 2.75) is 39.0 Å². The van der Waals surface area contributed by atoms with Gasteiger partial charge in [-0.1, -0.05) is 0 Å². The fraction of sp³-hybridized carbons (Fsp3) is 0.750. The molecule has 0 aromatic carbocycles. The lowest BCUT2D eigenvalue weighted by atomic mass is 9.94. The molecule has 0 N–H and O–H groups in total. The molecular weight excluding hydrogens is 246 g/mol. The summed E-state index contributed by atoms with van der Waals surface area (Å²) in [5, 5.41) is 0. The zero-order valence-electron chi connectivity index (χ0n) is 10.2. The summed E-state index contributed by atoms with van der Waals surface area (Å²) in [4.78, 5) is 34.2.